The minimum absolute atomic E-state index is 0.0826. The molecule has 0 aliphatic carbocycles. The Kier molecular flexibility index (Phi) is 4.77. The standard InChI is InChI=1S/C12H21NO3/c1-4-5-10-6-11(14)13(7-10)8-12(15)16-9(2)3/h9-10H,4-8H2,1-3H3. The molecule has 0 saturated carbocycles. The van der Waals surface area contributed by atoms with Crippen LogP contribution in [-0.4, -0.2) is 36.0 Å². The zero-order chi connectivity index (χ0) is 12.1. The van der Waals surface area contributed by atoms with Crippen LogP contribution in [-0.2, 0) is 14.3 Å². The van der Waals surface area contributed by atoms with E-state index in [0.29, 0.717) is 18.9 Å². The number of esters is 1. The fraction of sp³-hybridized carbons (Fsp3) is 0.833. The lowest BCUT2D eigenvalue weighted by Gasteiger charge is -2.16. The summed E-state index contributed by atoms with van der Waals surface area (Å²) in [6.45, 7) is 6.55. The van der Waals surface area contributed by atoms with Crippen LogP contribution < -0.4 is 0 Å². The van der Waals surface area contributed by atoms with E-state index in [0.717, 1.165) is 12.8 Å². The Morgan fingerprint density at radius 3 is 2.81 bits per heavy atom. The quantitative estimate of drug-likeness (QED) is 0.670. The first-order chi connectivity index (χ1) is 7.52. The summed E-state index contributed by atoms with van der Waals surface area (Å²) in [6, 6.07) is 0. The van der Waals surface area contributed by atoms with Gasteiger partial charge < -0.3 is 9.64 Å². The van der Waals surface area contributed by atoms with Crippen LogP contribution in [0, 0.1) is 5.92 Å². The van der Waals surface area contributed by atoms with Gasteiger partial charge in [-0.05, 0) is 26.2 Å². The van der Waals surface area contributed by atoms with Gasteiger partial charge in [-0.2, -0.15) is 0 Å². The van der Waals surface area contributed by atoms with Gasteiger partial charge in [0.2, 0.25) is 5.91 Å². The van der Waals surface area contributed by atoms with Crippen molar-refractivity contribution >= 4 is 11.9 Å². The predicted molar refractivity (Wildman–Crippen MR) is 60.8 cm³/mol. The van der Waals surface area contributed by atoms with E-state index < -0.39 is 0 Å². The van der Waals surface area contributed by atoms with Gasteiger partial charge in [-0.25, -0.2) is 0 Å². The molecular weight excluding hydrogens is 206 g/mol. The van der Waals surface area contributed by atoms with Gasteiger partial charge in [-0.1, -0.05) is 13.3 Å². The Balaban J connectivity index is 2.38. The van der Waals surface area contributed by atoms with E-state index in [1.165, 1.54) is 0 Å². The van der Waals surface area contributed by atoms with Crippen LogP contribution in [0.5, 0.6) is 0 Å². The average molecular weight is 227 g/mol. The molecule has 92 valence electrons. The van der Waals surface area contributed by atoms with Crippen molar-refractivity contribution in [2.24, 2.45) is 5.92 Å². The largest absolute Gasteiger partial charge is 0.462 e. The maximum Gasteiger partial charge on any atom is 0.325 e. The number of likely N-dealkylation sites (tertiary alicyclic amines) is 1. The van der Waals surface area contributed by atoms with Gasteiger partial charge in [0.1, 0.15) is 6.54 Å². The lowest BCUT2D eigenvalue weighted by atomic mass is 10.0. The number of carbonyl (C=O) groups is 2. The molecule has 1 saturated heterocycles. The summed E-state index contributed by atoms with van der Waals surface area (Å²) in [5.74, 6) is 0.198. The van der Waals surface area contributed by atoms with Crippen LogP contribution >= 0.6 is 0 Å². The third-order valence-electron chi connectivity index (χ3n) is 2.68. The molecule has 1 aliphatic rings. The Hall–Kier alpha value is -1.06. The number of ether oxygens (including phenoxy) is 1. The van der Waals surface area contributed by atoms with Crippen LogP contribution in [0.15, 0.2) is 0 Å². The smallest absolute Gasteiger partial charge is 0.325 e. The van der Waals surface area contributed by atoms with E-state index in [1.807, 2.05) is 13.8 Å². The molecule has 0 aromatic heterocycles. The van der Waals surface area contributed by atoms with E-state index in [2.05, 4.69) is 6.92 Å². The molecule has 0 N–H and O–H groups in total. The van der Waals surface area contributed by atoms with Gasteiger partial charge in [0.25, 0.3) is 0 Å². The van der Waals surface area contributed by atoms with Crippen LogP contribution in [0.2, 0.25) is 0 Å². The highest BCUT2D eigenvalue weighted by atomic mass is 16.5. The van der Waals surface area contributed by atoms with Gasteiger partial charge in [0.15, 0.2) is 0 Å². The minimum atomic E-state index is -0.305. The second-order valence-corrected chi connectivity index (χ2v) is 4.67. The minimum Gasteiger partial charge on any atom is -0.462 e. The first-order valence-corrected chi connectivity index (χ1v) is 6.00. The Morgan fingerprint density at radius 2 is 2.25 bits per heavy atom. The topological polar surface area (TPSA) is 46.6 Å². The summed E-state index contributed by atoms with van der Waals surface area (Å²) in [4.78, 5) is 24.6. The van der Waals surface area contributed by atoms with Crippen molar-refractivity contribution in [3.05, 3.63) is 0 Å². The van der Waals surface area contributed by atoms with Crippen molar-refractivity contribution in [1.82, 2.24) is 4.90 Å². The van der Waals surface area contributed by atoms with Gasteiger partial charge in [-0.15, -0.1) is 0 Å². The van der Waals surface area contributed by atoms with E-state index in [9.17, 15) is 9.59 Å². The van der Waals surface area contributed by atoms with E-state index >= 15 is 0 Å². The average Bonchev–Trinajstić information content (AvgIpc) is 2.46. The van der Waals surface area contributed by atoms with Crippen molar-refractivity contribution < 1.29 is 14.3 Å². The summed E-state index contributed by atoms with van der Waals surface area (Å²) >= 11 is 0. The van der Waals surface area contributed by atoms with Crippen LogP contribution in [0.25, 0.3) is 0 Å². The molecule has 1 heterocycles. The van der Waals surface area contributed by atoms with E-state index in [-0.39, 0.29) is 24.5 Å². The molecule has 4 heteroatoms. The van der Waals surface area contributed by atoms with Gasteiger partial charge >= 0.3 is 5.97 Å². The number of carbonyl (C=O) groups excluding carboxylic acids is 2. The highest BCUT2D eigenvalue weighted by Crippen LogP contribution is 2.21. The summed E-state index contributed by atoms with van der Waals surface area (Å²) in [5.41, 5.74) is 0. The summed E-state index contributed by atoms with van der Waals surface area (Å²) < 4.78 is 5.02. The zero-order valence-corrected chi connectivity index (χ0v) is 10.4. The lowest BCUT2D eigenvalue weighted by Crippen LogP contribution is -2.33. The SMILES string of the molecule is CCCC1CC(=O)N(CC(=O)OC(C)C)C1. The monoisotopic (exact) mass is 227 g/mol. The number of hydrogen-bond acceptors (Lipinski definition) is 3. The fourth-order valence-corrected chi connectivity index (χ4v) is 2.06. The molecule has 1 amide bonds. The first kappa shape index (κ1) is 13.0. The van der Waals surface area contributed by atoms with Gasteiger partial charge in [0.05, 0.1) is 6.10 Å². The van der Waals surface area contributed by atoms with E-state index in [1.54, 1.807) is 4.90 Å². The molecular formula is C12H21NO3. The second kappa shape index (κ2) is 5.87. The lowest BCUT2D eigenvalue weighted by molar-refractivity contribution is -0.151. The fourth-order valence-electron chi connectivity index (χ4n) is 2.06. The summed E-state index contributed by atoms with van der Waals surface area (Å²) in [6.07, 6.45) is 2.61. The van der Waals surface area contributed by atoms with Crippen molar-refractivity contribution in [2.45, 2.75) is 46.1 Å². The maximum atomic E-state index is 11.6. The Bertz CT molecular complexity index is 263. The van der Waals surface area contributed by atoms with Crippen molar-refractivity contribution in [2.75, 3.05) is 13.1 Å². The number of nitrogens with zero attached hydrogens (tertiary/aromatic N) is 1. The number of hydrogen-bond donors (Lipinski definition) is 0. The molecule has 0 aromatic carbocycles. The molecule has 4 nitrogen and oxygen atoms in total. The normalized spacial score (nSPS) is 20.6. The Morgan fingerprint density at radius 1 is 1.56 bits per heavy atom. The van der Waals surface area contributed by atoms with Crippen LogP contribution in [0.3, 0.4) is 0 Å². The first-order valence-electron chi connectivity index (χ1n) is 6.00. The number of rotatable bonds is 5. The molecule has 1 unspecified atom stereocenters. The van der Waals surface area contributed by atoms with Gasteiger partial charge in [-0.3, -0.25) is 9.59 Å². The highest BCUT2D eigenvalue weighted by molar-refractivity contribution is 5.83. The molecule has 1 fully saturated rings. The zero-order valence-electron chi connectivity index (χ0n) is 10.4. The molecule has 1 aliphatic heterocycles. The molecule has 0 aromatic rings. The second-order valence-electron chi connectivity index (χ2n) is 4.67. The molecule has 1 rings (SSSR count). The summed E-state index contributed by atoms with van der Waals surface area (Å²) in [5, 5.41) is 0. The van der Waals surface area contributed by atoms with Crippen LogP contribution in [0.1, 0.15) is 40.0 Å². The molecule has 0 radical (unpaired) electrons. The molecule has 0 spiro atoms. The van der Waals surface area contributed by atoms with Crippen molar-refractivity contribution in [1.29, 1.82) is 0 Å². The Labute approximate surface area is 96.9 Å². The molecule has 16 heavy (non-hydrogen) atoms. The van der Waals surface area contributed by atoms with Crippen LogP contribution in [0.4, 0.5) is 0 Å². The highest BCUT2D eigenvalue weighted by Gasteiger charge is 2.30. The maximum absolute atomic E-state index is 11.6. The molecule has 1 atom stereocenters. The van der Waals surface area contributed by atoms with Gasteiger partial charge in [0, 0.05) is 13.0 Å². The van der Waals surface area contributed by atoms with Crippen molar-refractivity contribution in [3.63, 3.8) is 0 Å². The number of amides is 1. The van der Waals surface area contributed by atoms with E-state index in [4.69, 9.17) is 4.74 Å². The third kappa shape index (κ3) is 3.83. The van der Waals surface area contributed by atoms with Crippen molar-refractivity contribution in [3.8, 4) is 0 Å². The molecule has 0 bridgehead atoms. The summed E-state index contributed by atoms with van der Waals surface area (Å²) in [7, 11) is 0. The third-order valence-corrected chi connectivity index (χ3v) is 2.68. The predicted octanol–water partition coefficient (Wildman–Crippen LogP) is 1.59.